The normalized spacial score (nSPS) is 25.3. The first-order chi connectivity index (χ1) is 15.4. The Morgan fingerprint density at radius 3 is 2.34 bits per heavy atom. The molecule has 0 unspecified atom stereocenters. The van der Waals surface area contributed by atoms with Crippen LogP contribution in [0.4, 0.5) is 15.1 Å². The number of amides is 1. The van der Waals surface area contributed by atoms with Gasteiger partial charge in [0.15, 0.2) is 5.82 Å². The highest BCUT2D eigenvalue weighted by atomic mass is 19.1. The van der Waals surface area contributed by atoms with Gasteiger partial charge in [-0.3, -0.25) is 9.80 Å². The molecule has 1 aromatic carbocycles. The van der Waals surface area contributed by atoms with Crippen molar-refractivity contribution >= 4 is 12.0 Å². The van der Waals surface area contributed by atoms with Gasteiger partial charge in [-0.1, -0.05) is 30.3 Å². The summed E-state index contributed by atoms with van der Waals surface area (Å²) < 4.78 is 19.0. The molecule has 1 aliphatic carbocycles. The molecule has 1 saturated carbocycles. The van der Waals surface area contributed by atoms with Crippen LogP contribution in [0.1, 0.15) is 32.3 Å². The number of anilines is 1. The number of carbonyl (C=O) groups is 1. The number of benzene rings is 1. The summed E-state index contributed by atoms with van der Waals surface area (Å²) in [5, 5.41) is 0. The molecule has 32 heavy (non-hydrogen) atoms. The zero-order chi connectivity index (χ0) is 22.3. The Morgan fingerprint density at radius 1 is 1.09 bits per heavy atom. The molecule has 0 N–H and O–H groups in total. The van der Waals surface area contributed by atoms with Crippen molar-refractivity contribution in [1.29, 1.82) is 0 Å². The first-order valence-electron chi connectivity index (χ1n) is 11.4. The first-order valence-corrected chi connectivity index (χ1v) is 11.4. The third kappa shape index (κ3) is 4.16. The molecule has 2 atom stereocenters. The van der Waals surface area contributed by atoms with Crippen molar-refractivity contribution in [3.8, 4) is 0 Å². The minimum atomic E-state index is -0.454. The van der Waals surface area contributed by atoms with E-state index in [1.54, 1.807) is 0 Å². The Morgan fingerprint density at radius 2 is 1.72 bits per heavy atom. The number of nitrogens with zero attached hydrogens (tertiary/aromatic N) is 5. The highest BCUT2D eigenvalue weighted by Crippen LogP contribution is 2.50. The number of likely N-dealkylation sites (tertiary alicyclic amines) is 1. The number of hydrogen-bond acceptors (Lipinski definition) is 6. The molecule has 0 radical (unpaired) electrons. The predicted octanol–water partition coefficient (Wildman–Crippen LogP) is 3.32. The number of ether oxygens (including phenoxy) is 1. The van der Waals surface area contributed by atoms with Gasteiger partial charge in [-0.05, 0) is 32.3 Å². The summed E-state index contributed by atoms with van der Waals surface area (Å²) in [5.41, 5.74) is 1.67. The summed E-state index contributed by atoms with van der Waals surface area (Å²) in [6.45, 7) is 8.34. The van der Waals surface area contributed by atoms with Crippen molar-refractivity contribution in [3.05, 3.63) is 54.1 Å². The number of halogens is 1. The van der Waals surface area contributed by atoms with Crippen molar-refractivity contribution < 1.29 is 13.9 Å². The number of rotatable bonds is 4. The van der Waals surface area contributed by atoms with Gasteiger partial charge in [-0.15, -0.1) is 0 Å². The molecule has 5 rings (SSSR count). The van der Waals surface area contributed by atoms with Crippen LogP contribution < -0.4 is 4.90 Å². The van der Waals surface area contributed by atoms with Crippen LogP contribution in [-0.4, -0.2) is 70.2 Å². The second-order valence-corrected chi connectivity index (χ2v) is 9.76. The van der Waals surface area contributed by atoms with Crippen LogP contribution in [0.3, 0.4) is 0 Å². The maximum atomic E-state index is 13.1. The molecule has 1 amide bonds. The maximum Gasteiger partial charge on any atom is 0.410 e. The van der Waals surface area contributed by atoms with Gasteiger partial charge >= 0.3 is 6.09 Å². The largest absolute Gasteiger partial charge is 0.446 e. The molecule has 0 bridgehead atoms. The van der Waals surface area contributed by atoms with E-state index in [1.165, 1.54) is 18.0 Å². The zero-order valence-corrected chi connectivity index (χ0v) is 18.7. The van der Waals surface area contributed by atoms with Crippen LogP contribution in [0.25, 0.3) is 0 Å². The van der Waals surface area contributed by atoms with Gasteiger partial charge in [0.05, 0.1) is 24.5 Å². The van der Waals surface area contributed by atoms with E-state index < -0.39 is 5.82 Å². The van der Waals surface area contributed by atoms with Crippen molar-refractivity contribution in [2.75, 3.05) is 31.1 Å². The van der Waals surface area contributed by atoms with Gasteiger partial charge in [0, 0.05) is 38.1 Å². The van der Waals surface area contributed by atoms with Gasteiger partial charge in [-0.2, -0.15) is 0 Å². The molecule has 1 aromatic heterocycles. The molecule has 1 spiro atoms. The summed E-state index contributed by atoms with van der Waals surface area (Å²) in [4.78, 5) is 27.4. The molecular formula is C24H30FN5O2. The van der Waals surface area contributed by atoms with Crippen molar-refractivity contribution in [1.82, 2.24) is 19.8 Å². The Hall–Kier alpha value is -2.74. The van der Waals surface area contributed by atoms with Gasteiger partial charge in [0.25, 0.3) is 0 Å². The summed E-state index contributed by atoms with van der Waals surface area (Å²) in [6, 6.07) is 10.5. The summed E-state index contributed by atoms with van der Waals surface area (Å²) in [7, 11) is 0. The van der Waals surface area contributed by atoms with E-state index in [2.05, 4.69) is 39.1 Å². The Kier molecular flexibility index (Phi) is 5.49. The molecule has 2 saturated heterocycles. The van der Waals surface area contributed by atoms with E-state index >= 15 is 0 Å². The van der Waals surface area contributed by atoms with Crippen LogP contribution in [0, 0.1) is 11.2 Å². The summed E-state index contributed by atoms with van der Waals surface area (Å²) in [5.74, 6) is 0.0362. The number of carbonyl (C=O) groups excluding carboxylic acids is 1. The van der Waals surface area contributed by atoms with Gasteiger partial charge in [0.2, 0.25) is 5.95 Å². The Labute approximate surface area is 188 Å². The lowest BCUT2D eigenvalue weighted by molar-refractivity contribution is -0.137. The van der Waals surface area contributed by atoms with E-state index in [1.807, 2.05) is 29.7 Å². The predicted molar refractivity (Wildman–Crippen MR) is 119 cm³/mol. The third-order valence-electron chi connectivity index (χ3n) is 6.98. The highest BCUT2D eigenvalue weighted by molar-refractivity contribution is 5.69. The lowest BCUT2D eigenvalue weighted by Gasteiger charge is -2.58. The van der Waals surface area contributed by atoms with Gasteiger partial charge < -0.3 is 9.64 Å². The van der Waals surface area contributed by atoms with Crippen LogP contribution >= 0.6 is 0 Å². The fourth-order valence-corrected chi connectivity index (χ4v) is 5.62. The van der Waals surface area contributed by atoms with E-state index in [9.17, 15) is 9.18 Å². The lowest BCUT2D eigenvalue weighted by Crippen LogP contribution is -2.65. The Bertz CT molecular complexity index is 931. The molecule has 2 aromatic rings. The van der Waals surface area contributed by atoms with Crippen LogP contribution in [-0.2, 0) is 11.3 Å². The van der Waals surface area contributed by atoms with E-state index in [0.717, 1.165) is 32.5 Å². The van der Waals surface area contributed by atoms with E-state index in [-0.39, 0.29) is 24.3 Å². The molecule has 2 aliphatic heterocycles. The fourth-order valence-electron chi connectivity index (χ4n) is 5.62. The van der Waals surface area contributed by atoms with Gasteiger partial charge in [-0.25, -0.2) is 19.2 Å². The number of aromatic nitrogens is 2. The molecule has 3 aliphatic rings. The minimum absolute atomic E-state index is 0.0132. The maximum absolute atomic E-state index is 13.1. The SMILES string of the molecule is C[C@@H]1CN(c2ncc(F)cn2)C[C@H](C)N1C(=O)OC1CC2(C1)CN(Cc1ccccc1)C2. The number of piperazine rings is 1. The Balaban J connectivity index is 1.09. The van der Waals surface area contributed by atoms with Crippen molar-refractivity contribution in [3.63, 3.8) is 0 Å². The standard InChI is InChI=1S/C24H30FN5O2/c1-17-12-29(22-26-10-20(25)11-27-22)13-18(2)30(17)23(31)32-21-8-24(9-21)15-28(16-24)14-19-6-4-3-5-7-19/h3-7,10-11,17-18,21H,8-9,12-16H2,1-2H3/t17-,18+. The third-order valence-corrected chi connectivity index (χ3v) is 6.98. The monoisotopic (exact) mass is 439 g/mol. The van der Waals surface area contributed by atoms with Crippen LogP contribution in [0.15, 0.2) is 42.7 Å². The smallest absolute Gasteiger partial charge is 0.410 e. The fraction of sp³-hybridized carbons (Fsp3) is 0.542. The van der Waals surface area contributed by atoms with E-state index in [0.29, 0.717) is 24.5 Å². The average molecular weight is 440 g/mol. The second-order valence-electron chi connectivity index (χ2n) is 9.76. The number of hydrogen-bond donors (Lipinski definition) is 0. The van der Waals surface area contributed by atoms with Crippen LogP contribution in [0.2, 0.25) is 0 Å². The van der Waals surface area contributed by atoms with Crippen molar-refractivity contribution in [2.45, 2.75) is 51.4 Å². The second kappa shape index (κ2) is 8.31. The zero-order valence-electron chi connectivity index (χ0n) is 18.7. The summed E-state index contributed by atoms with van der Waals surface area (Å²) >= 11 is 0. The molecule has 3 fully saturated rings. The van der Waals surface area contributed by atoms with E-state index in [4.69, 9.17) is 4.74 Å². The lowest BCUT2D eigenvalue weighted by atomic mass is 9.61. The van der Waals surface area contributed by atoms with Crippen LogP contribution in [0.5, 0.6) is 0 Å². The quantitative estimate of drug-likeness (QED) is 0.729. The molecule has 170 valence electrons. The van der Waals surface area contributed by atoms with Crippen molar-refractivity contribution in [2.24, 2.45) is 5.41 Å². The molecule has 8 heteroatoms. The first kappa shape index (κ1) is 21.1. The average Bonchev–Trinajstić information content (AvgIpc) is 2.71. The molecule has 3 heterocycles. The highest BCUT2D eigenvalue weighted by Gasteiger charge is 2.54. The minimum Gasteiger partial charge on any atom is -0.446 e. The molecule has 7 nitrogen and oxygen atoms in total. The summed E-state index contributed by atoms with van der Waals surface area (Å²) in [6.07, 6.45) is 4.04. The van der Waals surface area contributed by atoms with Gasteiger partial charge in [0.1, 0.15) is 6.10 Å². The topological polar surface area (TPSA) is 61.8 Å². The molecular weight excluding hydrogens is 409 g/mol.